The Morgan fingerprint density at radius 3 is 2.56 bits per heavy atom. The summed E-state index contributed by atoms with van der Waals surface area (Å²) in [6, 6.07) is 0.685. The van der Waals surface area contributed by atoms with Crippen LogP contribution in [0.25, 0.3) is 0 Å². The van der Waals surface area contributed by atoms with Gasteiger partial charge in [0.1, 0.15) is 0 Å². The summed E-state index contributed by atoms with van der Waals surface area (Å²) >= 11 is 0. The van der Waals surface area contributed by atoms with Crippen LogP contribution in [0, 0.1) is 0 Å². The van der Waals surface area contributed by atoms with Crippen molar-refractivity contribution in [3.05, 3.63) is 0 Å². The van der Waals surface area contributed by atoms with E-state index in [4.69, 9.17) is 0 Å². The number of hydrogen-bond donors (Lipinski definition) is 1. The molecule has 4 heteroatoms. The van der Waals surface area contributed by atoms with Crippen molar-refractivity contribution in [2.45, 2.75) is 18.2 Å². The molecule has 0 aromatic carbocycles. The normalized spacial score (nSPS) is 37.7. The molecular formula is C5H14N2P2. The third-order valence-corrected chi connectivity index (χ3v) is 3.38. The van der Waals surface area contributed by atoms with Crippen molar-refractivity contribution < 1.29 is 0 Å². The summed E-state index contributed by atoms with van der Waals surface area (Å²) < 4.78 is 2.27. The van der Waals surface area contributed by atoms with Gasteiger partial charge in [0.15, 0.2) is 0 Å². The van der Waals surface area contributed by atoms with Gasteiger partial charge in [0, 0.05) is 18.4 Å². The summed E-state index contributed by atoms with van der Waals surface area (Å²) in [6.45, 7) is 1.15. The largest absolute Gasteiger partial charge is 0.316 e. The molecule has 1 aliphatic rings. The smallest absolute Gasteiger partial charge is 0.0287 e. The Morgan fingerprint density at radius 2 is 2.33 bits per heavy atom. The molecule has 0 aliphatic carbocycles. The zero-order valence-corrected chi connectivity index (χ0v) is 7.98. The Labute approximate surface area is 61.2 Å². The second-order valence-corrected chi connectivity index (χ2v) is 3.92. The third kappa shape index (κ3) is 1.85. The van der Waals surface area contributed by atoms with E-state index in [0.29, 0.717) is 11.8 Å². The van der Waals surface area contributed by atoms with E-state index in [1.165, 1.54) is 6.42 Å². The highest BCUT2D eigenvalue weighted by Crippen LogP contribution is 2.25. The lowest BCUT2D eigenvalue weighted by Crippen LogP contribution is -2.26. The minimum absolute atomic E-state index is 0.646. The number of nitrogens with zero attached hydrogens (tertiary/aromatic N) is 1. The van der Waals surface area contributed by atoms with Crippen molar-refractivity contribution in [3.63, 3.8) is 0 Å². The molecule has 0 radical (unpaired) electrons. The minimum atomic E-state index is 0.646. The first-order valence-electron chi connectivity index (χ1n) is 3.18. The topological polar surface area (TPSA) is 15.3 Å². The Morgan fingerprint density at radius 1 is 1.67 bits per heavy atom. The summed E-state index contributed by atoms with van der Waals surface area (Å²) in [5, 5.41) is 3.26. The van der Waals surface area contributed by atoms with E-state index in [1.54, 1.807) is 0 Å². The molecule has 1 rings (SSSR count). The van der Waals surface area contributed by atoms with Gasteiger partial charge in [0.2, 0.25) is 0 Å². The van der Waals surface area contributed by atoms with Gasteiger partial charge < -0.3 is 5.32 Å². The van der Waals surface area contributed by atoms with Gasteiger partial charge in [-0.1, -0.05) is 9.39 Å². The third-order valence-electron chi connectivity index (χ3n) is 1.79. The maximum absolute atomic E-state index is 3.26. The summed E-state index contributed by atoms with van der Waals surface area (Å²) in [5.41, 5.74) is 0. The van der Waals surface area contributed by atoms with Gasteiger partial charge in [-0.05, 0) is 13.5 Å². The minimum Gasteiger partial charge on any atom is -0.316 e. The van der Waals surface area contributed by atoms with Crippen LogP contribution in [0.1, 0.15) is 6.42 Å². The SMILES string of the molecule is CNC1CC(P)N(P)C1. The van der Waals surface area contributed by atoms with E-state index < -0.39 is 0 Å². The molecule has 1 fully saturated rings. The molecule has 0 amide bonds. The molecule has 1 aliphatic heterocycles. The first-order chi connectivity index (χ1) is 4.24. The Bertz CT molecular complexity index is 89.0. The van der Waals surface area contributed by atoms with Gasteiger partial charge in [0.05, 0.1) is 0 Å². The first kappa shape index (κ1) is 7.88. The fourth-order valence-corrected chi connectivity index (χ4v) is 1.93. The maximum atomic E-state index is 3.26. The summed E-state index contributed by atoms with van der Waals surface area (Å²) in [5.74, 6) is 0.646. The number of likely N-dealkylation sites (N-methyl/N-ethyl adjacent to an activating group) is 1. The second-order valence-electron chi connectivity index (χ2n) is 2.49. The van der Waals surface area contributed by atoms with Gasteiger partial charge in [-0.3, -0.25) is 4.67 Å². The quantitative estimate of drug-likeness (QED) is 0.559. The standard InChI is InChI=1S/C5H14N2P2/c1-6-4-2-5(8)7(9)3-4/h4-6H,2-3,8-9H2,1H3. The van der Waals surface area contributed by atoms with Crippen molar-refractivity contribution >= 4 is 18.6 Å². The van der Waals surface area contributed by atoms with Gasteiger partial charge in [-0.25, -0.2) is 0 Å². The van der Waals surface area contributed by atoms with Crippen LogP contribution in [0.5, 0.6) is 0 Å². The van der Waals surface area contributed by atoms with Crippen LogP contribution in [-0.4, -0.2) is 30.1 Å². The van der Waals surface area contributed by atoms with Crippen LogP contribution in [-0.2, 0) is 0 Å². The van der Waals surface area contributed by atoms with Crippen LogP contribution < -0.4 is 5.32 Å². The lowest BCUT2D eigenvalue weighted by molar-refractivity contribution is 0.527. The van der Waals surface area contributed by atoms with E-state index in [2.05, 4.69) is 28.6 Å². The lowest BCUT2D eigenvalue weighted by Gasteiger charge is -2.11. The van der Waals surface area contributed by atoms with Crippen molar-refractivity contribution in [3.8, 4) is 0 Å². The molecular weight excluding hydrogens is 150 g/mol. The lowest BCUT2D eigenvalue weighted by atomic mass is 10.3. The van der Waals surface area contributed by atoms with Crippen LogP contribution in [0.3, 0.4) is 0 Å². The van der Waals surface area contributed by atoms with Crippen LogP contribution in [0.2, 0.25) is 0 Å². The molecule has 0 bridgehead atoms. The average Bonchev–Trinajstić information content (AvgIpc) is 2.13. The monoisotopic (exact) mass is 164 g/mol. The van der Waals surface area contributed by atoms with E-state index in [-0.39, 0.29) is 0 Å². The summed E-state index contributed by atoms with van der Waals surface area (Å²) in [6.07, 6.45) is 1.24. The summed E-state index contributed by atoms with van der Waals surface area (Å²) in [7, 11) is 7.59. The first-order valence-corrected chi connectivity index (χ1v) is 4.36. The molecule has 0 aromatic rings. The van der Waals surface area contributed by atoms with Crippen molar-refractivity contribution in [2.24, 2.45) is 0 Å². The fourth-order valence-electron chi connectivity index (χ4n) is 1.10. The zero-order chi connectivity index (χ0) is 6.85. The second kappa shape index (κ2) is 3.25. The molecule has 54 valence electrons. The highest BCUT2D eigenvalue weighted by molar-refractivity contribution is 7.20. The van der Waals surface area contributed by atoms with E-state index in [0.717, 1.165) is 6.54 Å². The van der Waals surface area contributed by atoms with Crippen molar-refractivity contribution in [1.29, 1.82) is 0 Å². The predicted octanol–water partition coefficient (Wildman–Crippen LogP) is 0.271. The maximum Gasteiger partial charge on any atom is 0.0287 e. The Balaban J connectivity index is 2.35. The van der Waals surface area contributed by atoms with E-state index in [1.807, 2.05) is 7.05 Å². The Hall–Kier alpha value is 0.780. The van der Waals surface area contributed by atoms with Gasteiger partial charge in [0.25, 0.3) is 0 Å². The van der Waals surface area contributed by atoms with Gasteiger partial charge in [-0.2, -0.15) is 0 Å². The van der Waals surface area contributed by atoms with Crippen molar-refractivity contribution in [2.75, 3.05) is 13.6 Å². The molecule has 4 unspecified atom stereocenters. The molecule has 2 nitrogen and oxygen atoms in total. The molecule has 1 saturated heterocycles. The highest BCUT2D eigenvalue weighted by atomic mass is 31.0. The fraction of sp³-hybridized carbons (Fsp3) is 1.00. The van der Waals surface area contributed by atoms with Crippen molar-refractivity contribution in [1.82, 2.24) is 9.99 Å². The molecule has 1 N–H and O–H groups in total. The number of nitrogens with one attached hydrogen (secondary N) is 1. The van der Waals surface area contributed by atoms with Crippen LogP contribution >= 0.6 is 18.6 Å². The van der Waals surface area contributed by atoms with Gasteiger partial charge in [-0.15, -0.1) is 9.24 Å². The van der Waals surface area contributed by atoms with Gasteiger partial charge >= 0.3 is 0 Å². The average molecular weight is 164 g/mol. The van der Waals surface area contributed by atoms with Crippen LogP contribution in [0.15, 0.2) is 0 Å². The summed E-state index contributed by atoms with van der Waals surface area (Å²) in [4.78, 5) is 0. The zero-order valence-electron chi connectivity index (χ0n) is 5.67. The van der Waals surface area contributed by atoms with Crippen LogP contribution in [0.4, 0.5) is 0 Å². The highest BCUT2D eigenvalue weighted by Gasteiger charge is 2.24. The number of hydrogen-bond acceptors (Lipinski definition) is 2. The Kier molecular flexibility index (Phi) is 2.85. The number of rotatable bonds is 1. The molecule has 1 heterocycles. The molecule has 0 spiro atoms. The molecule has 0 saturated carbocycles. The molecule has 4 atom stereocenters. The molecule has 9 heavy (non-hydrogen) atoms. The predicted molar refractivity (Wildman–Crippen MR) is 47.4 cm³/mol. The van der Waals surface area contributed by atoms with E-state index >= 15 is 0 Å². The van der Waals surface area contributed by atoms with E-state index in [9.17, 15) is 0 Å². The molecule has 0 aromatic heterocycles.